The number of methoxy groups -OCH3 is 3. The first-order valence-corrected chi connectivity index (χ1v) is 7.57. The zero-order valence-corrected chi connectivity index (χ0v) is 13.8. The third-order valence-corrected chi connectivity index (χ3v) is 3.96. The van der Waals surface area contributed by atoms with E-state index < -0.39 is 0 Å². The van der Waals surface area contributed by atoms with Crippen LogP contribution in [0.2, 0.25) is 0 Å². The summed E-state index contributed by atoms with van der Waals surface area (Å²) in [5, 5.41) is 14.0. The maximum atomic E-state index is 12.2. The molecule has 1 aromatic carbocycles. The molecule has 120 valence electrons. The van der Waals surface area contributed by atoms with Crippen molar-refractivity contribution >= 4 is 22.2 Å². The number of anilines is 1. The van der Waals surface area contributed by atoms with Gasteiger partial charge in [0.2, 0.25) is 11.7 Å². The maximum absolute atomic E-state index is 12.2. The Balaban J connectivity index is 2.19. The van der Waals surface area contributed by atoms with Gasteiger partial charge in [0.25, 0.3) is 0 Å². The molecule has 0 saturated heterocycles. The topological polar surface area (TPSA) is 80.6 Å². The molecule has 1 aromatic heterocycles. The molecule has 0 radical (unpaired) electrons. The quantitative estimate of drug-likeness (QED) is 0.880. The van der Waals surface area contributed by atoms with E-state index in [4.69, 9.17) is 19.5 Å². The minimum atomic E-state index is -0.224. The van der Waals surface area contributed by atoms with Crippen LogP contribution in [-0.4, -0.2) is 27.2 Å². The van der Waals surface area contributed by atoms with Crippen molar-refractivity contribution in [3.63, 3.8) is 0 Å². The number of hydrogen-bond donors (Lipinski definition) is 1. The van der Waals surface area contributed by atoms with E-state index in [0.29, 0.717) is 33.4 Å². The van der Waals surface area contributed by atoms with E-state index in [1.54, 1.807) is 23.6 Å². The van der Waals surface area contributed by atoms with E-state index >= 15 is 0 Å². The van der Waals surface area contributed by atoms with Crippen molar-refractivity contribution in [3.8, 4) is 23.3 Å². The molecule has 1 N–H and O–H groups in total. The summed E-state index contributed by atoms with van der Waals surface area (Å²) in [5.74, 6) is 1.23. The SMILES string of the molecule is COc1cc(CC(=O)Nc2sccc2C#N)cc(OC)c1OC. The van der Waals surface area contributed by atoms with Crippen LogP contribution >= 0.6 is 11.3 Å². The molecule has 2 aromatic rings. The Bertz CT molecular complexity index is 724. The second-order valence-corrected chi connectivity index (χ2v) is 5.45. The molecule has 1 heterocycles. The predicted molar refractivity (Wildman–Crippen MR) is 87.5 cm³/mol. The number of carbonyl (C=O) groups is 1. The summed E-state index contributed by atoms with van der Waals surface area (Å²) >= 11 is 1.31. The van der Waals surface area contributed by atoms with Crippen LogP contribution in [0.15, 0.2) is 23.6 Å². The Labute approximate surface area is 138 Å². The second-order valence-electron chi connectivity index (χ2n) is 4.53. The van der Waals surface area contributed by atoms with E-state index in [0.717, 1.165) is 0 Å². The number of ether oxygens (including phenoxy) is 3. The monoisotopic (exact) mass is 332 g/mol. The third kappa shape index (κ3) is 3.73. The number of rotatable bonds is 6. The molecule has 6 nitrogen and oxygen atoms in total. The molecule has 0 spiro atoms. The van der Waals surface area contributed by atoms with E-state index in [2.05, 4.69) is 5.32 Å². The predicted octanol–water partition coefficient (Wildman–Crippen LogP) is 2.83. The van der Waals surface area contributed by atoms with Gasteiger partial charge in [0, 0.05) is 0 Å². The van der Waals surface area contributed by atoms with E-state index in [-0.39, 0.29) is 12.3 Å². The molecular formula is C16H16N2O4S. The van der Waals surface area contributed by atoms with Crippen LogP contribution in [0.25, 0.3) is 0 Å². The zero-order chi connectivity index (χ0) is 16.8. The lowest BCUT2D eigenvalue weighted by Gasteiger charge is -2.14. The molecule has 0 aliphatic carbocycles. The number of benzene rings is 1. The number of nitrogens with zero attached hydrogens (tertiary/aromatic N) is 1. The normalized spacial score (nSPS) is 9.83. The van der Waals surface area contributed by atoms with Crippen molar-refractivity contribution in [2.75, 3.05) is 26.6 Å². The van der Waals surface area contributed by atoms with Crippen molar-refractivity contribution in [2.24, 2.45) is 0 Å². The van der Waals surface area contributed by atoms with Crippen molar-refractivity contribution < 1.29 is 19.0 Å². The van der Waals surface area contributed by atoms with Gasteiger partial charge in [-0.2, -0.15) is 5.26 Å². The van der Waals surface area contributed by atoms with Crippen LogP contribution < -0.4 is 19.5 Å². The lowest BCUT2D eigenvalue weighted by Crippen LogP contribution is -2.14. The average Bonchev–Trinajstić information content (AvgIpc) is 3.00. The minimum absolute atomic E-state index is 0.124. The first kappa shape index (κ1) is 16.6. The van der Waals surface area contributed by atoms with Gasteiger partial charge < -0.3 is 19.5 Å². The molecule has 0 aliphatic rings. The Kier molecular flexibility index (Phi) is 5.44. The van der Waals surface area contributed by atoms with Gasteiger partial charge in [0.15, 0.2) is 11.5 Å². The Morgan fingerprint density at radius 2 is 1.87 bits per heavy atom. The second kappa shape index (κ2) is 7.51. The summed E-state index contributed by atoms with van der Waals surface area (Å²) in [6, 6.07) is 7.15. The highest BCUT2D eigenvalue weighted by Gasteiger charge is 2.15. The molecular weight excluding hydrogens is 316 g/mol. The van der Waals surface area contributed by atoms with E-state index in [1.165, 1.54) is 32.7 Å². The lowest BCUT2D eigenvalue weighted by molar-refractivity contribution is -0.115. The molecule has 0 fully saturated rings. The van der Waals surface area contributed by atoms with Gasteiger partial charge in [-0.05, 0) is 29.1 Å². The summed E-state index contributed by atoms with van der Waals surface area (Å²) in [5.41, 5.74) is 1.17. The van der Waals surface area contributed by atoms with Gasteiger partial charge in [-0.3, -0.25) is 4.79 Å². The van der Waals surface area contributed by atoms with Gasteiger partial charge >= 0.3 is 0 Å². The average molecular weight is 332 g/mol. The number of nitrogens with one attached hydrogen (secondary N) is 1. The van der Waals surface area contributed by atoms with E-state index in [9.17, 15) is 4.79 Å². The third-order valence-electron chi connectivity index (χ3n) is 3.13. The molecule has 0 unspecified atom stereocenters. The highest BCUT2D eigenvalue weighted by atomic mass is 32.1. The molecule has 0 saturated carbocycles. The summed E-state index contributed by atoms with van der Waals surface area (Å²) in [6.07, 6.45) is 0.124. The molecule has 2 rings (SSSR count). The highest BCUT2D eigenvalue weighted by Crippen LogP contribution is 2.38. The van der Waals surface area contributed by atoms with Crippen LogP contribution in [0.1, 0.15) is 11.1 Å². The van der Waals surface area contributed by atoms with Crippen LogP contribution in [0.4, 0.5) is 5.00 Å². The minimum Gasteiger partial charge on any atom is -0.493 e. The number of thiophene rings is 1. The summed E-state index contributed by atoms with van der Waals surface area (Å²) in [7, 11) is 4.56. The number of nitriles is 1. The van der Waals surface area contributed by atoms with Crippen LogP contribution in [0, 0.1) is 11.3 Å². The number of carbonyl (C=O) groups excluding carboxylic acids is 1. The zero-order valence-electron chi connectivity index (χ0n) is 13.0. The van der Waals surface area contributed by atoms with Gasteiger partial charge in [-0.25, -0.2) is 0 Å². The maximum Gasteiger partial charge on any atom is 0.229 e. The highest BCUT2D eigenvalue weighted by molar-refractivity contribution is 7.14. The van der Waals surface area contributed by atoms with E-state index in [1.807, 2.05) is 6.07 Å². The summed E-state index contributed by atoms with van der Waals surface area (Å²) in [4.78, 5) is 12.2. The molecule has 0 atom stereocenters. The standard InChI is InChI=1S/C16H16N2O4S/c1-20-12-6-10(7-13(21-2)15(12)22-3)8-14(19)18-16-11(9-17)4-5-23-16/h4-7H,8H2,1-3H3,(H,18,19). The van der Waals surface area contributed by atoms with Crippen molar-refractivity contribution in [2.45, 2.75) is 6.42 Å². The summed E-state index contributed by atoms with van der Waals surface area (Å²) in [6.45, 7) is 0. The fraction of sp³-hybridized carbons (Fsp3) is 0.250. The van der Waals surface area contributed by atoms with Crippen LogP contribution in [0.5, 0.6) is 17.2 Å². The Morgan fingerprint density at radius 3 is 2.39 bits per heavy atom. The molecule has 0 bridgehead atoms. The van der Waals surface area contributed by atoms with Gasteiger partial charge in [0.05, 0.1) is 33.3 Å². The molecule has 7 heteroatoms. The number of hydrogen-bond acceptors (Lipinski definition) is 6. The fourth-order valence-electron chi connectivity index (χ4n) is 2.09. The number of amides is 1. The molecule has 23 heavy (non-hydrogen) atoms. The smallest absolute Gasteiger partial charge is 0.229 e. The van der Waals surface area contributed by atoms with Crippen molar-refractivity contribution in [1.82, 2.24) is 0 Å². The van der Waals surface area contributed by atoms with Crippen molar-refractivity contribution in [3.05, 3.63) is 34.7 Å². The van der Waals surface area contributed by atoms with Crippen LogP contribution in [0.3, 0.4) is 0 Å². The van der Waals surface area contributed by atoms with Gasteiger partial charge in [-0.1, -0.05) is 0 Å². The molecule has 0 aliphatic heterocycles. The fourth-order valence-corrected chi connectivity index (χ4v) is 2.84. The largest absolute Gasteiger partial charge is 0.493 e. The molecule has 1 amide bonds. The van der Waals surface area contributed by atoms with Crippen molar-refractivity contribution in [1.29, 1.82) is 5.26 Å². The van der Waals surface area contributed by atoms with Crippen LogP contribution in [-0.2, 0) is 11.2 Å². The first-order chi connectivity index (χ1) is 11.1. The van der Waals surface area contributed by atoms with Gasteiger partial charge in [-0.15, -0.1) is 11.3 Å². The Morgan fingerprint density at radius 1 is 1.22 bits per heavy atom. The lowest BCUT2D eigenvalue weighted by atomic mass is 10.1. The first-order valence-electron chi connectivity index (χ1n) is 6.69. The Hall–Kier alpha value is -2.72. The summed E-state index contributed by atoms with van der Waals surface area (Å²) < 4.78 is 15.8. The van der Waals surface area contributed by atoms with Gasteiger partial charge in [0.1, 0.15) is 11.1 Å².